The quantitative estimate of drug-likeness (QED) is 0.197. The smallest absolute Gasteiger partial charge is 0.190 e. The average Bonchev–Trinajstić information content (AvgIpc) is 3.74. The van der Waals surface area contributed by atoms with Gasteiger partial charge in [-0.3, -0.25) is 0 Å². The number of fused-ring (bicyclic) bond motifs is 2. The van der Waals surface area contributed by atoms with Crippen LogP contribution in [0.1, 0.15) is 61.7 Å². The standard InChI is InChI=1S/C16H17BrN2O2S.C16H17BrN2S/c1-10-6-16-13(8-15(10)18-2)14(17)9-19(16)11-4-5-12(7-11)22(3,20)21;1-10-6-16-13(8-15(10)18-2)14(17)9-19(16)11-4-5-12(7-11)20-3/h6,8-9,11-12H,4-5,7H2,1,3H3;6,8-9,11-12H,4-5,7H2,1,3H3/t2*11-,12-/m11/s1. The van der Waals surface area contributed by atoms with Crippen LogP contribution in [0.3, 0.4) is 0 Å². The molecule has 0 radical (unpaired) electrons. The van der Waals surface area contributed by atoms with Gasteiger partial charge in [-0.15, -0.1) is 0 Å². The summed E-state index contributed by atoms with van der Waals surface area (Å²) in [6.45, 7) is 18.5. The Morgan fingerprint density at radius 1 is 0.810 bits per heavy atom. The Bertz CT molecular complexity index is 1860. The third-order valence-electron chi connectivity index (χ3n) is 8.88. The highest BCUT2D eigenvalue weighted by Crippen LogP contribution is 2.42. The third kappa shape index (κ3) is 6.06. The van der Waals surface area contributed by atoms with E-state index in [0.29, 0.717) is 18.2 Å². The van der Waals surface area contributed by atoms with Crippen molar-refractivity contribution >= 4 is 86.6 Å². The molecule has 0 bridgehead atoms. The van der Waals surface area contributed by atoms with Crippen molar-refractivity contribution in [2.45, 2.75) is 75.0 Å². The number of benzene rings is 2. The molecule has 220 valence electrons. The second-order valence-electron chi connectivity index (χ2n) is 11.5. The lowest BCUT2D eigenvalue weighted by atomic mass is 10.1. The minimum Gasteiger partial charge on any atom is -0.343 e. The van der Waals surface area contributed by atoms with E-state index in [1.165, 1.54) is 31.0 Å². The topological polar surface area (TPSA) is 52.7 Å². The van der Waals surface area contributed by atoms with Crippen molar-refractivity contribution in [3.8, 4) is 0 Å². The van der Waals surface area contributed by atoms with Crippen LogP contribution in [0.4, 0.5) is 11.4 Å². The van der Waals surface area contributed by atoms with Crippen LogP contribution in [0.2, 0.25) is 0 Å². The molecule has 2 aromatic carbocycles. The summed E-state index contributed by atoms with van der Waals surface area (Å²) < 4.78 is 30.2. The Morgan fingerprint density at radius 3 is 1.69 bits per heavy atom. The SMILES string of the molecule is [C-]#[N+]c1cc2c(Br)cn([C@@H]3CC[C@@H](S(C)(=O)=O)C3)c2cc1C.[C-]#[N+]c1cc2c(Br)cn([C@@H]3CC[C@@H](SC)C3)c2cc1C. The number of hydrogen-bond acceptors (Lipinski definition) is 3. The molecule has 2 fully saturated rings. The predicted octanol–water partition coefficient (Wildman–Crippen LogP) is 10.1. The summed E-state index contributed by atoms with van der Waals surface area (Å²) in [5.74, 6) is 0. The fourth-order valence-electron chi connectivity index (χ4n) is 6.48. The summed E-state index contributed by atoms with van der Waals surface area (Å²) >= 11 is 9.21. The molecule has 4 aromatic rings. The summed E-state index contributed by atoms with van der Waals surface area (Å²) in [6.07, 6.45) is 13.8. The minimum absolute atomic E-state index is 0.201. The maximum atomic E-state index is 11.8. The van der Waals surface area contributed by atoms with Crippen LogP contribution in [0, 0.1) is 27.0 Å². The van der Waals surface area contributed by atoms with E-state index in [1.807, 2.05) is 50.0 Å². The highest BCUT2D eigenvalue weighted by Gasteiger charge is 2.33. The summed E-state index contributed by atoms with van der Waals surface area (Å²) in [5.41, 5.74) is 5.76. The first-order valence-electron chi connectivity index (χ1n) is 14.0. The summed E-state index contributed by atoms with van der Waals surface area (Å²) in [7, 11) is -2.97. The number of sulfone groups is 1. The summed E-state index contributed by atoms with van der Waals surface area (Å²) in [4.78, 5) is 7.16. The molecule has 0 saturated heterocycles. The van der Waals surface area contributed by atoms with Crippen molar-refractivity contribution in [3.05, 3.63) is 79.6 Å². The van der Waals surface area contributed by atoms with E-state index in [1.54, 1.807) is 0 Å². The number of aryl methyl sites for hydroxylation is 2. The normalized spacial score (nSPS) is 22.2. The molecule has 10 heteroatoms. The highest BCUT2D eigenvalue weighted by molar-refractivity contribution is 9.11. The maximum Gasteiger partial charge on any atom is 0.190 e. The van der Waals surface area contributed by atoms with Crippen molar-refractivity contribution in [1.29, 1.82) is 0 Å². The van der Waals surface area contributed by atoms with E-state index in [4.69, 9.17) is 13.1 Å². The summed E-state index contributed by atoms with van der Waals surface area (Å²) in [6, 6.07) is 8.91. The van der Waals surface area contributed by atoms with Gasteiger partial charge in [0.15, 0.2) is 11.4 Å². The molecule has 2 heterocycles. The van der Waals surface area contributed by atoms with Crippen LogP contribution in [0.5, 0.6) is 0 Å². The zero-order valence-electron chi connectivity index (χ0n) is 24.2. The van der Waals surface area contributed by atoms with Gasteiger partial charge in [0.1, 0.15) is 9.84 Å². The number of hydrogen-bond donors (Lipinski definition) is 0. The largest absolute Gasteiger partial charge is 0.343 e. The van der Waals surface area contributed by atoms with Crippen LogP contribution >= 0.6 is 43.6 Å². The van der Waals surface area contributed by atoms with Gasteiger partial charge in [0, 0.05) is 66.7 Å². The molecule has 6 nitrogen and oxygen atoms in total. The molecule has 6 rings (SSSR count). The molecular formula is C32H34Br2N4O2S2. The molecule has 0 amide bonds. The van der Waals surface area contributed by atoms with Crippen molar-refractivity contribution in [1.82, 2.24) is 9.13 Å². The van der Waals surface area contributed by atoms with Crippen LogP contribution < -0.4 is 0 Å². The molecule has 0 unspecified atom stereocenters. The Kier molecular flexibility index (Phi) is 9.21. The second-order valence-corrected chi connectivity index (χ2v) is 16.7. The monoisotopic (exact) mass is 728 g/mol. The number of nitrogens with zero attached hydrogens (tertiary/aromatic N) is 4. The zero-order valence-corrected chi connectivity index (χ0v) is 29.0. The van der Waals surface area contributed by atoms with Crippen LogP contribution in [0.15, 0.2) is 45.6 Å². The number of halogens is 2. The van der Waals surface area contributed by atoms with Crippen molar-refractivity contribution in [2.24, 2.45) is 0 Å². The molecule has 0 aliphatic heterocycles. The zero-order chi connectivity index (χ0) is 30.3. The molecule has 2 saturated carbocycles. The van der Waals surface area contributed by atoms with Crippen LogP contribution in [0.25, 0.3) is 31.5 Å². The van der Waals surface area contributed by atoms with Crippen LogP contribution in [-0.2, 0) is 9.84 Å². The molecule has 2 aromatic heterocycles. The number of aromatic nitrogens is 2. The van der Waals surface area contributed by atoms with Gasteiger partial charge < -0.3 is 9.13 Å². The molecule has 0 N–H and O–H groups in total. The van der Waals surface area contributed by atoms with E-state index in [-0.39, 0.29) is 11.3 Å². The molecule has 4 atom stereocenters. The summed E-state index contributed by atoms with van der Waals surface area (Å²) in [5, 5.41) is 2.73. The first-order chi connectivity index (χ1) is 19.9. The Hall–Kier alpha value is -2.24. The number of rotatable bonds is 4. The maximum absolute atomic E-state index is 11.8. The van der Waals surface area contributed by atoms with E-state index in [2.05, 4.69) is 69.2 Å². The number of thioether (sulfide) groups is 1. The van der Waals surface area contributed by atoms with Crippen molar-refractivity contribution in [3.63, 3.8) is 0 Å². The Labute approximate surface area is 269 Å². The minimum atomic E-state index is -2.97. The van der Waals surface area contributed by atoms with Gasteiger partial charge in [0.05, 0.1) is 18.4 Å². The van der Waals surface area contributed by atoms with Gasteiger partial charge in [0.2, 0.25) is 0 Å². The van der Waals surface area contributed by atoms with Crippen molar-refractivity contribution in [2.75, 3.05) is 12.5 Å². The molecule has 0 spiro atoms. The average molecular weight is 731 g/mol. The van der Waals surface area contributed by atoms with Gasteiger partial charge in [-0.2, -0.15) is 11.8 Å². The molecule has 42 heavy (non-hydrogen) atoms. The molecular weight excluding hydrogens is 696 g/mol. The second kappa shape index (κ2) is 12.4. The van der Waals surface area contributed by atoms with Gasteiger partial charge in [-0.25, -0.2) is 18.1 Å². The first kappa shape index (κ1) is 31.2. The van der Waals surface area contributed by atoms with Gasteiger partial charge in [-0.05, 0) is 126 Å². The third-order valence-corrected chi connectivity index (χ3v) is 12.9. The molecule has 2 aliphatic rings. The first-order valence-corrected chi connectivity index (χ1v) is 18.9. The van der Waals surface area contributed by atoms with E-state index in [0.717, 1.165) is 60.1 Å². The van der Waals surface area contributed by atoms with Gasteiger partial charge >= 0.3 is 0 Å². The van der Waals surface area contributed by atoms with Crippen molar-refractivity contribution < 1.29 is 8.42 Å². The fourth-order valence-corrected chi connectivity index (χ4v) is 9.48. The van der Waals surface area contributed by atoms with Gasteiger partial charge in [-0.1, -0.05) is 0 Å². The van der Waals surface area contributed by atoms with E-state index in [9.17, 15) is 8.42 Å². The highest BCUT2D eigenvalue weighted by atomic mass is 79.9. The Balaban J connectivity index is 0.000000169. The molecule has 2 aliphatic carbocycles. The fraction of sp³-hybridized carbons (Fsp3) is 0.438. The van der Waals surface area contributed by atoms with Gasteiger partial charge in [0.25, 0.3) is 0 Å². The van der Waals surface area contributed by atoms with Crippen LogP contribution in [-0.4, -0.2) is 40.6 Å². The van der Waals surface area contributed by atoms with E-state index < -0.39 is 9.84 Å². The lowest BCUT2D eigenvalue weighted by Crippen LogP contribution is -2.16. The van der Waals surface area contributed by atoms with E-state index >= 15 is 0 Å². The predicted molar refractivity (Wildman–Crippen MR) is 183 cm³/mol. The Morgan fingerprint density at radius 2 is 1.29 bits per heavy atom. The lowest BCUT2D eigenvalue weighted by Gasteiger charge is -2.15. The lowest BCUT2D eigenvalue weighted by molar-refractivity contribution is 0.531.